The molecular formula is C28H32N4O4. The van der Waals surface area contributed by atoms with Gasteiger partial charge in [-0.25, -0.2) is 14.8 Å². The zero-order valence-electron chi connectivity index (χ0n) is 21.2. The van der Waals surface area contributed by atoms with E-state index in [1.807, 2.05) is 75.1 Å². The molecule has 2 fully saturated rings. The van der Waals surface area contributed by atoms with E-state index in [9.17, 15) is 4.79 Å². The van der Waals surface area contributed by atoms with E-state index in [4.69, 9.17) is 14.2 Å². The van der Waals surface area contributed by atoms with Crippen molar-refractivity contribution in [2.45, 2.75) is 77.2 Å². The largest absolute Gasteiger partial charge is 0.474 e. The molecule has 2 aliphatic rings. The number of fused-ring (bicyclic) bond motifs is 2. The van der Waals surface area contributed by atoms with Crippen molar-refractivity contribution >= 4 is 6.09 Å². The van der Waals surface area contributed by atoms with Crippen LogP contribution >= 0.6 is 0 Å². The summed E-state index contributed by atoms with van der Waals surface area (Å²) in [4.78, 5) is 28.0. The summed E-state index contributed by atoms with van der Waals surface area (Å²) in [6, 6.07) is 13.8. The molecule has 2 atom stereocenters. The van der Waals surface area contributed by atoms with Crippen LogP contribution in [0, 0.1) is 6.92 Å². The standard InChI is InChI=1S/C28H32N4O4/c1-18-25(34-22-15-20-12-13-21(16-22)32(20)27(33)36-28(2,3)4)30-17-31-26(18)35-23-11-8-14-29-24(23)19-9-6-5-7-10-19/h5-11,14,17,20-22H,12-13,15-16H2,1-4H3. The average molecular weight is 489 g/mol. The number of hydrogen-bond donors (Lipinski definition) is 0. The number of rotatable bonds is 5. The quantitative estimate of drug-likeness (QED) is 0.439. The Balaban J connectivity index is 1.30. The normalized spacial score (nSPS) is 21.2. The Labute approximate surface area is 211 Å². The minimum atomic E-state index is -0.507. The van der Waals surface area contributed by atoms with Crippen molar-refractivity contribution in [3.8, 4) is 28.8 Å². The second-order valence-electron chi connectivity index (χ2n) is 10.4. The first-order valence-corrected chi connectivity index (χ1v) is 12.5. The molecule has 0 aliphatic carbocycles. The number of pyridine rings is 1. The first kappa shape index (κ1) is 24.0. The molecule has 5 rings (SSSR count). The summed E-state index contributed by atoms with van der Waals surface area (Å²) < 4.78 is 18.2. The summed E-state index contributed by atoms with van der Waals surface area (Å²) in [6.45, 7) is 7.59. The Kier molecular flexibility index (Phi) is 6.51. The molecule has 2 bridgehead atoms. The molecule has 2 saturated heterocycles. The Morgan fingerprint density at radius 2 is 1.64 bits per heavy atom. The van der Waals surface area contributed by atoms with Gasteiger partial charge in [0.1, 0.15) is 23.7 Å². The van der Waals surface area contributed by atoms with E-state index in [0.717, 1.165) is 42.5 Å². The van der Waals surface area contributed by atoms with E-state index in [1.54, 1.807) is 6.20 Å². The molecule has 2 aliphatic heterocycles. The number of aromatic nitrogens is 3. The minimum Gasteiger partial charge on any atom is -0.474 e. The molecule has 1 aromatic carbocycles. The molecule has 188 valence electrons. The fraction of sp³-hybridized carbons (Fsp3) is 0.429. The molecule has 3 aromatic rings. The highest BCUT2D eigenvalue weighted by Crippen LogP contribution is 2.39. The van der Waals surface area contributed by atoms with Crippen LogP contribution in [0.3, 0.4) is 0 Å². The molecule has 0 spiro atoms. The fourth-order valence-corrected chi connectivity index (χ4v) is 5.02. The van der Waals surface area contributed by atoms with Crippen LogP contribution < -0.4 is 9.47 Å². The lowest BCUT2D eigenvalue weighted by molar-refractivity contribution is -0.00772. The summed E-state index contributed by atoms with van der Waals surface area (Å²) in [7, 11) is 0. The number of hydrogen-bond acceptors (Lipinski definition) is 7. The molecule has 0 radical (unpaired) electrons. The van der Waals surface area contributed by atoms with Gasteiger partial charge in [0.25, 0.3) is 0 Å². The van der Waals surface area contributed by atoms with Crippen LogP contribution in [0.4, 0.5) is 4.79 Å². The lowest BCUT2D eigenvalue weighted by atomic mass is 10.00. The van der Waals surface area contributed by atoms with Gasteiger partial charge in [0.05, 0.1) is 5.56 Å². The zero-order valence-corrected chi connectivity index (χ0v) is 21.2. The van der Waals surface area contributed by atoms with Crippen molar-refractivity contribution in [1.82, 2.24) is 19.9 Å². The second kappa shape index (κ2) is 9.76. The van der Waals surface area contributed by atoms with Gasteiger partial charge in [-0.05, 0) is 52.7 Å². The number of carbonyl (C=O) groups is 1. The Bertz CT molecular complexity index is 1210. The van der Waals surface area contributed by atoms with Crippen molar-refractivity contribution in [1.29, 1.82) is 0 Å². The molecule has 2 unspecified atom stereocenters. The maximum Gasteiger partial charge on any atom is 0.410 e. The lowest BCUT2D eigenvalue weighted by Gasteiger charge is -2.39. The molecule has 4 heterocycles. The predicted octanol–water partition coefficient (Wildman–Crippen LogP) is 5.95. The highest BCUT2D eigenvalue weighted by atomic mass is 16.6. The predicted molar refractivity (Wildman–Crippen MR) is 135 cm³/mol. The second-order valence-corrected chi connectivity index (χ2v) is 10.4. The molecule has 0 saturated carbocycles. The van der Waals surface area contributed by atoms with Crippen molar-refractivity contribution < 1.29 is 19.0 Å². The maximum absolute atomic E-state index is 12.8. The Hall–Kier alpha value is -3.68. The summed E-state index contributed by atoms with van der Waals surface area (Å²) in [6.07, 6.45) is 6.35. The van der Waals surface area contributed by atoms with E-state index < -0.39 is 5.60 Å². The summed E-state index contributed by atoms with van der Waals surface area (Å²) in [5.74, 6) is 1.54. The van der Waals surface area contributed by atoms with Crippen LogP contribution in [0.2, 0.25) is 0 Å². The van der Waals surface area contributed by atoms with Crippen molar-refractivity contribution in [2.75, 3.05) is 0 Å². The van der Waals surface area contributed by atoms with E-state index >= 15 is 0 Å². The van der Waals surface area contributed by atoms with Crippen molar-refractivity contribution in [3.05, 3.63) is 60.6 Å². The average Bonchev–Trinajstić information content (AvgIpc) is 3.12. The lowest BCUT2D eigenvalue weighted by Crippen LogP contribution is -2.50. The fourth-order valence-electron chi connectivity index (χ4n) is 5.02. The molecular weight excluding hydrogens is 456 g/mol. The van der Waals surface area contributed by atoms with E-state index in [0.29, 0.717) is 17.5 Å². The topological polar surface area (TPSA) is 86.7 Å². The number of piperidine rings is 1. The smallest absolute Gasteiger partial charge is 0.410 e. The van der Waals surface area contributed by atoms with Gasteiger partial charge in [0, 0.05) is 36.7 Å². The van der Waals surface area contributed by atoms with Crippen molar-refractivity contribution in [3.63, 3.8) is 0 Å². The van der Waals surface area contributed by atoms with Gasteiger partial charge in [-0.2, -0.15) is 0 Å². The van der Waals surface area contributed by atoms with Gasteiger partial charge in [-0.15, -0.1) is 0 Å². The van der Waals surface area contributed by atoms with Gasteiger partial charge in [-0.1, -0.05) is 30.3 Å². The number of ether oxygens (including phenoxy) is 3. The maximum atomic E-state index is 12.8. The Morgan fingerprint density at radius 1 is 0.944 bits per heavy atom. The number of carbonyl (C=O) groups excluding carboxylic acids is 1. The van der Waals surface area contributed by atoms with Crippen LogP contribution in [0.25, 0.3) is 11.3 Å². The monoisotopic (exact) mass is 488 g/mol. The summed E-state index contributed by atoms with van der Waals surface area (Å²) in [5.41, 5.74) is 1.92. The van der Waals surface area contributed by atoms with Gasteiger partial charge < -0.3 is 19.1 Å². The molecule has 1 amide bonds. The summed E-state index contributed by atoms with van der Waals surface area (Å²) >= 11 is 0. The van der Waals surface area contributed by atoms with Crippen LogP contribution in [0.1, 0.15) is 52.0 Å². The highest BCUT2D eigenvalue weighted by Gasteiger charge is 2.45. The highest BCUT2D eigenvalue weighted by molar-refractivity contribution is 5.70. The van der Waals surface area contributed by atoms with Gasteiger partial charge >= 0.3 is 6.09 Å². The van der Waals surface area contributed by atoms with Gasteiger partial charge in [0.15, 0.2) is 5.75 Å². The molecule has 8 heteroatoms. The zero-order chi connectivity index (χ0) is 25.3. The molecule has 36 heavy (non-hydrogen) atoms. The molecule has 8 nitrogen and oxygen atoms in total. The SMILES string of the molecule is Cc1c(Oc2cccnc2-c2ccccc2)ncnc1OC1CC2CCC(C1)N2C(=O)OC(C)(C)C. The van der Waals surface area contributed by atoms with E-state index in [2.05, 4.69) is 15.0 Å². The van der Waals surface area contributed by atoms with Crippen LogP contribution in [-0.2, 0) is 4.74 Å². The van der Waals surface area contributed by atoms with E-state index in [1.165, 1.54) is 6.33 Å². The third-order valence-electron chi connectivity index (χ3n) is 6.59. The first-order valence-electron chi connectivity index (χ1n) is 12.5. The number of benzene rings is 1. The molecule has 0 N–H and O–H groups in total. The van der Waals surface area contributed by atoms with Crippen LogP contribution in [0.5, 0.6) is 17.5 Å². The molecule has 2 aromatic heterocycles. The number of nitrogens with zero attached hydrogens (tertiary/aromatic N) is 4. The minimum absolute atomic E-state index is 0.0408. The first-order chi connectivity index (χ1) is 17.3. The third kappa shape index (κ3) is 5.12. The summed E-state index contributed by atoms with van der Waals surface area (Å²) in [5, 5.41) is 0. The van der Waals surface area contributed by atoms with Crippen LogP contribution in [-0.4, -0.2) is 49.7 Å². The Morgan fingerprint density at radius 3 is 2.33 bits per heavy atom. The van der Waals surface area contributed by atoms with E-state index in [-0.39, 0.29) is 24.3 Å². The number of amides is 1. The third-order valence-corrected chi connectivity index (χ3v) is 6.59. The van der Waals surface area contributed by atoms with Gasteiger partial charge in [0.2, 0.25) is 11.8 Å². The van der Waals surface area contributed by atoms with Gasteiger partial charge in [-0.3, -0.25) is 4.98 Å². The van der Waals surface area contributed by atoms with Crippen LogP contribution in [0.15, 0.2) is 55.0 Å². The van der Waals surface area contributed by atoms with Crippen molar-refractivity contribution in [2.24, 2.45) is 0 Å².